The van der Waals surface area contributed by atoms with Crippen LogP contribution in [0.15, 0.2) is 54.6 Å². The SMILES string of the molecule is CC(C)C[C@H](NC(=O)[C@@H](N)Cc1ccccc1)C(=O)N[C@@H](Cc1ccc(O)cc1)C(=O)NO. The van der Waals surface area contributed by atoms with Crippen LogP contribution >= 0.6 is 0 Å². The van der Waals surface area contributed by atoms with Gasteiger partial charge in [0.25, 0.3) is 5.91 Å². The fraction of sp³-hybridized carbons (Fsp3) is 0.375. The van der Waals surface area contributed by atoms with E-state index in [0.717, 1.165) is 5.56 Å². The summed E-state index contributed by atoms with van der Waals surface area (Å²) in [4.78, 5) is 37.9. The molecule has 2 rings (SSSR count). The maximum absolute atomic E-state index is 13.0. The molecule has 2 aromatic rings. The van der Waals surface area contributed by atoms with E-state index < -0.39 is 35.8 Å². The third-order valence-electron chi connectivity index (χ3n) is 5.09. The predicted molar refractivity (Wildman–Crippen MR) is 123 cm³/mol. The van der Waals surface area contributed by atoms with Gasteiger partial charge in [0.2, 0.25) is 11.8 Å². The van der Waals surface area contributed by atoms with Crippen LogP contribution in [0.1, 0.15) is 31.4 Å². The summed E-state index contributed by atoms with van der Waals surface area (Å²) in [5.74, 6) is -1.68. The molecule has 0 fully saturated rings. The molecule has 7 N–H and O–H groups in total. The van der Waals surface area contributed by atoms with Crippen LogP contribution in [0.2, 0.25) is 0 Å². The first-order valence-corrected chi connectivity index (χ1v) is 10.8. The minimum Gasteiger partial charge on any atom is -0.508 e. The van der Waals surface area contributed by atoms with Gasteiger partial charge in [0.05, 0.1) is 6.04 Å². The zero-order chi connectivity index (χ0) is 24.4. The van der Waals surface area contributed by atoms with E-state index >= 15 is 0 Å². The van der Waals surface area contributed by atoms with Crippen LogP contribution in [0, 0.1) is 5.92 Å². The molecule has 0 aliphatic carbocycles. The zero-order valence-electron chi connectivity index (χ0n) is 18.8. The van der Waals surface area contributed by atoms with Crippen LogP contribution in [0.5, 0.6) is 5.75 Å². The maximum Gasteiger partial charge on any atom is 0.266 e. The Morgan fingerprint density at radius 3 is 1.97 bits per heavy atom. The van der Waals surface area contributed by atoms with Crippen molar-refractivity contribution in [2.75, 3.05) is 0 Å². The highest BCUT2D eigenvalue weighted by molar-refractivity contribution is 5.93. The van der Waals surface area contributed by atoms with Gasteiger partial charge in [0.15, 0.2) is 0 Å². The second kappa shape index (κ2) is 12.6. The minimum absolute atomic E-state index is 0.0671. The van der Waals surface area contributed by atoms with Crippen molar-refractivity contribution < 1.29 is 24.7 Å². The van der Waals surface area contributed by atoms with Gasteiger partial charge in [-0.3, -0.25) is 19.6 Å². The number of aromatic hydroxyl groups is 1. The predicted octanol–water partition coefficient (Wildman–Crippen LogP) is 1.03. The summed E-state index contributed by atoms with van der Waals surface area (Å²) in [7, 11) is 0. The second-order valence-electron chi connectivity index (χ2n) is 8.39. The molecule has 0 radical (unpaired) electrons. The molecular formula is C24H32N4O5. The Hall–Kier alpha value is -3.43. The standard InChI is InChI=1S/C24H32N4O5/c1-15(2)12-20(26-22(30)19(25)13-16-6-4-3-5-7-16)23(31)27-21(24(32)28-33)14-17-8-10-18(29)11-9-17/h3-11,15,19-21,29,33H,12-14,25H2,1-2H3,(H,26,30)(H,27,31)(H,28,32)/t19-,20-,21-/m0/s1. The summed E-state index contributed by atoms with van der Waals surface area (Å²) in [6.45, 7) is 3.81. The Morgan fingerprint density at radius 2 is 1.39 bits per heavy atom. The van der Waals surface area contributed by atoms with Crippen LogP contribution in [0.4, 0.5) is 0 Å². The van der Waals surface area contributed by atoms with Gasteiger partial charge in [-0.25, -0.2) is 5.48 Å². The lowest BCUT2D eigenvalue weighted by Crippen LogP contribution is -2.56. The number of nitrogens with one attached hydrogen (secondary N) is 3. The monoisotopic (exact) mass is 456 g/mol. The van der Waals surface area contributed by atoms with Crippen LogP contribution < -0.4 is 21.8 Å². The number of hydrogen-bond acceptors (Lipinski definition) is 6. The van der Waals surface area contributed by atoms with Crippen molar-refractivity contribution in [2.24, 2.45) is 11.7 Å². The van der Waals surface area contributed by atoms with E-state index in [-0.39, 0.29) is 18.1 Å². The highest BCUT2D eigenvalue weighted by Crippen LogP contribution is 2.12. The van der Waals surface area contributed by atoms with Crippen molar-refractivity contribution in [1.82, 2.24) is 16.1 Å². The molecule has 3 amide bonds. The Labute approximate surface area is 193 Å². The third-order valence-corrected chi connectivity index (χ3v) is 5.09. The normalized spacial score (nSPS) is 13.6. The molecule has 0 aliphatic rings. The van der Waals surface area contributed by atoms with E-state index in [9.17, 15) is 19.5 Å². The zero-order valence-corrected chi connectivity index (χ0v) is 18.8. The van der Waals surface area contributed by atoms with Gasteiger partial charge in [-0.15, -0.1) is 0 Å². The van der Waals surface area contributed by atoms with Gasteiger partial charge in [-0.05, 0) is 42.0 Å². The highest BCUT2D eigenvalue weighted by atomic mass is 16.5. The van der Waals surface area contributed by atoms with E-state index in [0.29, 0.717) is 18.4 Å². The molecule has 33 heavy (non-hydrogen) atoms. The Balaban J connectivity index is 2.08. The number of carbonyl (C=O) groups excluding carboxylic acids is 3. The van der Waals surface area contributed by atoms with E-state index in [1.54, 1.807) is 17.6 Å². The largest absolute Gasteiger partial charge is 0.508 e. The summed E-state index contributed by atoms with van der Waals surface area (Å²) in [5.41, 5.74) is 9.17. The Kier molecular flexibility index (Phi) is 9.84. The van der Waals surface area contributed by atoms with Gasteiger partial charge in [-0.1, -0.05) is 56.3 Å². The summed E-state index contributed by atoms with van der Waals surface area (Å²) >= 11 is 0. The van der Waals surface area contributed by atoms with Gasteiger partial charge in [-0.2, -0.15) is 0 Å². The van der Waals surface area contributed by atoms with Crippen molar-refractivity contribution in [2.45, 2.75) is 51.2 Å². The molecular weight excluding hydrogens is 424 g/mol. The third kappa shape index (κ3) is 8.55. The molecule has 178 valence electrons. The maximum atomic E-state index is 13.0. The summed E-state index contributed by atoms with van der Waals surface area (Å²) in [6, 6.07) is 12.6. The molecule has 0 saturated heterocycles. The molecule has 2 aromatic carbocycles. The fourth-order valence-corrected chi connectivity index (χ4v) is 3.37. The summed E-state index contributed by atoms with van der Waals surface area (Å²) < 4.78 is 0. The Morgan fingerprint density at radius 1 is 0.818 bits per heavy atom. The van der Waals surface area contributed by atoms with Crippen LogP contribution in [0.25, 0.3) is 0 Å². The van der Waals surface area contributed by atoms with E-state index in [1.165, 1.54) is 12.1 Å². The molecule has 0 heterocycles. The fourth-order valence-electron chi connectivity index (χ4n) is 3.37. The number of phenols is 1. The van der Waals surface area contributed by atoms with E-state index in [1.807, 2.05) is 44.2 Å². The molecule has 0 aliphatic heterocycles. The van der Waals surface area contributed by atoms with Crippen molar-refractivity contribution >= 4 is 17.7 Å². The number of amides is 3. The highest BCUT2D eigenvalue weighted by Gasteiger charge is 2.28. The number of benzene rings is 2. The molecule has 0 bridgehead atoms. The first-order valence-electron chi connectivity index (χ1n) is 10.8. The molecule has 9 nitrogen and oxygen atoms in total. The van der Waals surface area contributed by atoms with Gasteiger partial charge in [0.1, 0.15) is 17.8 Å². The second-order valence-corrected chi connectivity index (χ2v) is 8.39. The number of hydrogen-bond donors (Lipinski definition) is 6. The van der Waals surface area contributed by atoms with Crippen molar-refractivity contribution in [3.05, 3.63) is 65.7 Å². The molecule has 0 saturated carbocycles. The first-order chi connectivity index (χ1) is 15.7. The van der Waals surface area contributed by atoms with Gasteiger partial charge < -0.3 is 21.5 Å². The minimum atomic E-state index is -1.09. The Bertz CT molecular complexity index is 918. The number of hydroxylamine groups is 1. The molecule has 3 atom stereocenters. The van der Waals surface area contributed by atoms with Gasteiger partial charge in [0, 0.05) is 6.42 Å². The van der Waals surface area contributed by atoms with Crippen molar-refractivity contribution in [3.63, 3.8) is 0 Å². The smallest absolute Gasteiger partial charge is 0.266 e. The lowest BCUT2D eigenvalue weighted by molar-refractivity contribution is -0.136. The van der Waals surface area contributed by atoms with Crippen LogP contribution in [0.3, 0.4) is 0 Å². The molecule has 9 heteroatoms. The molecule has 0 spiro atoms. The van der Waals surface area contributed by atoms with Crippen LogP contribution in [-0.4, -0.2) is 46.2 Å². The number of rotatable bonds is 11. The molecule has 0 unspecified atom stereocenters. The number of nitrogens with two attached hydrogens (primary N) is 1. The summed E-state index contributed by atoms with van der Waals surface area (Å²) in [6.07, 6.45) is 0.732. The average molecular weight is 457 g/mol. The molecule has 0 aromatic heterocycles. The van der Waals surface area contributed by atoms with E-state index in [4.69, 9.17) is 10.9 Å². The number of carbonyl (C=O) groups is 3. The van der Waals surface area contributed by atoms with Crippen molar-refractivity contribution in [1.29, 1.82) is 0 Å². The van der Waals surface area contributed by atoms with E-state index in [2.05, 4.69) is 10.6 Å². The number of phenolic OH excluding ortho intramolecular Hbond substituents is 1. The topological polar surface area (TPSA) is 154 Å². The average Bonchev–Trinajstić information content (AvgIpc) is 2.79. The lowest BCUT2D eigenvalue weighted by atomic mass is 10.00. The summed E-state index contributed by atoms with van der Waals surface area (Å²) in [5, 5.41) is 23.8. The first kappa shape index (κ1) is 25.8. The van der Waals surface area contributed by atoms with Crippen molar-refractivity contribution in [3.8, 4) is 5.75 Å². The quantitative estimate of drug-likeness (QED) is 0.219. The van der Waals surface area contributed by atoms with Gasteiger partial charge >= 0.3 is 0 Å². The van der Waals surface area contributed by atoms with Crippen LogP contribution in [-0.2, 0) is 27.2 Å². The lowest BCUT2D eigenvalue weighted by Gasteiger charge is -2.25.